The van der Waals surface area contributed by atoms with Crippen LogP contribution in [-0.2, 0) is 24.8 Å². The number of fused-ring (bicyclic) bond motifs is 2. The van der Waals surface area contributed by atoms with Gasteiger partial charge in [0.05, 0.1) is 23.3 Å². The second-order valence-corrected chi connectivity index (χ2v) is 8.34. The Balaban J connectivity index is 1.41. The molecule has 172 valence electrons. The van der Waals surface area contributed by atoms with Crippen molar-refractivity contribution < 1.29 is 14.3 Å². The summed E-state index contributed by atoms with van der Waals surface area (Å²) in [6, 6.07) is 22.5. The van der Waals surface area contributed by atoms with Gasteiger partial charge in [-0.3, -0.25) is 9.59 Å². The van der Waals surface area contributed by atoms with Crippen molar-refractivity contribution in [2.45, 2.75) is 26.0 Å². The van der Waals surface area contributed by atoms with Crippen molar-refractivity contribution >= 4 is 28.5 Å². The summed E-state index contributed by atoms with van der Waals surface area (Å²) < 4.78 is 8.02. The Kier molecular flexibility index (Phi) is 5.76. The number of nitrogens with one attached hydrogen (secondary N) is 1. The summed E-state index contributed by atoms with van der Waals surface area (Å²) in [5, 5.41) is 2.92. The van der Waals surface area contributed by atoms with E-state index in [0.29, 0.717) is 23.5 Å². The second kappa shape index (κ2) is 9.02. The second-order valence-electron chi connectivity index (χ2n) is 8.34. The van der Waals surface area contributed by atoms with Crippen LogP contribution in [0.15, 0.2) is 72.8 Å². The van der Waals surface area contributed by atoms with Crippen molar-refractivity contribution in [3.05, 3.63) is 89.7 Å². The lowest BCUT2D eigenvalue weighted by Crippen LogP contribution is -2.50. The summed E-state index contributed by atoms with van der Waals surface area (Å²) in [5.41, 5.74) is 3.93. The quantitative estimate of drug-likeness (QED) is 0.497. The van der Waals surface area contributed by atoms with Crippen LogP contribution >= 0.6 is 0 Å². The van der Waals surface area contributed by atoms with E-state index in [9.17, 15) is 9.59 Å². The average Bonchev–Trinajstić information content (AvgIpc) is 3.21. The lowest BCUT2D eigenvalue weighted by Gasteiger charge is -2.34. The SMILES string of the molecule is CCc1nc2cc(C(=O)N3C[C@H](C(=O)NCc4ccccc4)Oc4ccccc43)ccc2n1C. The van der Waals surface area contributed by atoms with E-state index in [4.69, 9.17) is 4.74 Å². The van der Waals surface area contributed by atoms with E-state index in [1.54, 1.807) is 11.0 Å². The predicted molar refractivity (Wildman–Crippen MR) is 131 cm³/mol. The summed E-state index contributed by atoms with van der Waals surface area (Å²) in [6.07, 6.45) is -0.00160. The molecule has 2 amide bonds. The fourth-order valence-corrected chi connectivity index (χ4v) is 4.32. The molecular formula is C27H26N4O3. The van der Waals surface area contributed by atoms with E-state index in [0.717, 1.165) is 28.8 Å². The first-order valence-electron chi connectivity index (χ1n) is 11.4. The molecule has 0 aliphatic carbocycles. The number of aryl methyl sites for hydroxylation is 2. The van der Waals surface area contributed by atoms with Gasteiger partial charge in [-0.25, -0.2) is 4.98 Å². The monoisotopic (exact) mass is 454 g/mol. The first-order valence-corrected chi connectivity index (χ1v) is 11.4. The molecule has 0 fully saturated rings. The number of aromatic nitrogens is 2. The third-order valence-corrected chi connectivity index (χ3v) is 6.16. The number of para-hydroxylation sites is 2. The molecule has 5 rings (SSSR count). The first-order chi connectivity index (χ1) is 16.5. The predicted octanol–water partition coefficient (Wildman–Crippen LogP) is 3.86. The van der Waals surface area contributed by atoms with Crippen molar-refractivity contribution in [3.63, 3.8) is 0 Å². The molecule has 1 N–H and O–H groups in total. The van der Waals surface area contributed by atoms with Crippen molar-refractivity contribution in [2.24, 2.45) is 7.05 Å². The van der Waals surface area contributed by atoms with Gasteiger partial charge in [-0.2, -0.15) is 0 Å². The van der Waals surface area contributed by atoms with Crippen LogP contribution in [0.2, 0.25) is 0 Å². The Morgan fingerprint density at radius 3 is 2.62 bits per heavy atom. The number of carbonyl (C=O) groups is 2. The van der Waals surface area contributed by atoms with E-state index < -0.39 is 6.10 Å². The standard InChI is InChI=1S/C27H26N4O3/c1-3-25-29-20-15-19(13-14-21(20)30(25)2)27(33)31-17-24(34-23-12-8-7-11-22(23)31)26(32)28-16-18-9-5-4-6-10-18/h4-15,24H,3,16-17H2,1-2H3,(H,28,32)/t24-/m1/s1. The highest BCUT2D eigenvalue weighted by Gasteiger charge is 2.34. The number of anilines is 1. The maximum atomic E-state index is 13.6. The van der Waals surface area contributed by atoms with Crippen LogP contribution in [0.3, 0.4) is 0 Å². The molecule has 4 aromatic rings. The molecule has 0 bridgehead atoms. The summed E-state index contributed by atoms with van der Waals surface area (Å²) in [4.78, 5) is 32.9. The fourth-order valence-electron chi connectivity index (χ4n) is 4.32. The van der Waals surface area contributed by atoms with Crippen LogP contribution in [0, 0.1) is 0 Å². The molecule has 3 aromatic carbocycles. The van der Waals surface area contributed by atoms with Gasteiger partial charge in [0.15, 0.2) is 6.10 Å². The van der Waals surface area contributed by atoms with Gasteiger partial charge in [-0.15, -0.1) is 0 Å². The Bertz CT molecular complexity index is 1360. The van der Waals surface area contributed by atoms with Crippen molar-refractivity contribution in [3.8, 4) is 5.75 Å². The summed E-state index contributed by atoms with van der Waals surface area (Å²) >= 11 is 0. The summed E-state index contributed by atoms with van der Waals surface area (Å²) in [5.74, 6) is 1.02. The highest BCUT2D eigenvalue weighted by Crippen LogP contribution is 2.34. The van der Waals surface area contributed by atoms with Crippen LogP contribution < -0.4 is 15.0 Å². The van der Waals surface area contributed by atoms with E-state index in [-0.39, 0.29) is 18.4 Å². The Labute approximate surface area is 198 Å². The minimum atomic E-state index is -0.812. The lowest BCUT2D eigenvalue weighted by atomic mass is 10.1. The number of rotatable bonds is 5. The van der Waals surface area contributed by atoms with Crippen LogP contribution in [0.5, 0.6) is 5.75 Å². The minimum absolute atomic E-state index is 0.122. The topological polar surface area (TPSA) is 76.5 Å². The maximum absolute atomic E-state index is 13.6. The molecule has 0 saturated heterocycles. The molecule has 7 nitrogen and oxygen atoms in total. The number of amides is 2. The van der Waals surface area contributed by atoms with Crippen LogP contribution in [0.1, 0.15) is 28.7 Å². The van der Waals surface area contributed by atoms with Gasteiger partial charge in [0, 0.05) is 25.6 Å². The van der Waals surface area contributed by atoms with Crippen molar-refractivity contribution in [1.29, 1.82) is 0 Å². The van der Waals surface area contributed by atoms with E-state index in [1.807, 2.05) is 78.3 Å². The molecule has 0 spiro atoms. The van der Waals surface area contributed by atoms with Gasteiger partial charge >= 0.3 is 0 Å². The van der Waals surface area contributed by atoms with E-state index in [2.05, 4.69) is 17.2 Å². The van der Waals surface area contributed by atoms with Gasteiger partial charge < -0.3 is 19.5 Å². The molecule has 1 aliphatic heterocycles. The fraction of sp³-hybridized carbons (Fsp3) is 0.222. The molecular weight excluding hydrogens is 428 g/mol. The molecule has 1 aliphatic rings. The van der Waals surface area contributed by atoms with Crippen LogP contribution in [0.25, 0.3) is 11.0 Å². The molecule has 0 saturated carbocycles. The van der Waals surface area contributed by atoms with Gasteiger partial charge in [0.1, 0.15) is 11.6 Å². The van der Waals surface area contributed by atoms with Crippen LogP contribution in [0.4, 0.5) is 5.69 Å². The Hall–Kier alpha value is -4.13. The number of nitrogens with zero attached hydrogens (tertiary/aromatic N) is 3. The zero-order chi connectivity index (χ0) is 23.7. The molecule has 0 radical (unpaired) electrons. The first kappa shape index (κ1) is 21.7. The van der Waals surface area contributed by atoms with Gasteiger partial charge in [-0.1, -0.05) is 49.4 Å². The molecule has 34 heavy (non-hydrogen) atoms. The van der Waals surface area contributed by atoms with Gasteiger partial charge in [0.25, 0.3) is 11.8 Å². The average molecular weight is 455 g/mol. The molecule has 0 unspecified atom stereocenters. The molecule has 7 heteroatoms. The van der Waals surface area contributed by atoms with Gasteiger partial charge in [0.2, 0.25) is 0 Å². The van der Waals surface area contributed by atoms with Crippen molar-refractivity contribution in [2.75, 3.05) is 11.4 Å². The molecule has 1 aromatic heterocycles. The van der Waals surface area contributed by atoms with Crippen LogP contribution in [-0.4, -0.2) is 34.0 Å². The Morgan fingerprint density at radius 1 is 1.06 bits per heavy atom. The zero-order valence-electron chi connectivity index (χ0n) is 19.2. The highest BCUT2D eigenvalue weighted by atomic mass is 16.5. The number of carbonyl (C=O) groups excluding carboxylic acids is 2. The highest BCUT2D eigenvalue weighted by molar-refractivity contribution is 6.09. The third kappa shape index (κ3) is 4.01. The van der Waals surface area contributed by atoms with Crippen molar-refractivity contribution in [1.82, 2.24) is 14.9 Å². The summed E-state index contributed by atoms with van der Waals surface area (Å²) in [7, 11) is 1.98. The minimum Gasteiger partial charge on any atom is -0.477 e. The Morgan fingerprint density at radius 2 is 1.82 bits per heavy atom. The number of imidazole rings is 1. The van der Waals surface area contributed by atoms with Gasteiger partial charge in [-0.05, 0) is 35.9 Å². The smallest absolute Gasteiger partial charge is 0.263 e. The van der Waals surface area contributed by atoms with E-state index >= 15 is 0 Å². The zero-order valence-corrected chi connectivity index (χ0v) is 19.2. The number of benzene rings is 3. The normalized spacial score (nSPS) is 15.0. The largest absolute Gasteiger partial charge is 0.477 e. The third-order valence-electron chi connectivity index (χ3n) is 6.16. The lowest BCUT2D eigenvalue weighted by molar-refractivity contribution is -0.127. The molecule has 2 heterocycles. The molecule has 1 atom stereocenters. The summed E-state index contributed by atoms with van der Waals surface area (Å²) in [6.45, 7) is 2.57. The van der Waals surface area contributed by atoms with E-state index in [1.165, 1.54) is 0 Å². The number of hydrogen-bond donors (Lipinski definition) is 1. The number of hydrogen-bond acceptors (Lipinski definition) is 4. The number of ether oxygens (including phenoxy) is 1. The maximum Gasteiger partial charge on any atom is 0.263 e.